The lowest BCUT2D eigenvalue weighted by atomic mass is 10.1. The number of hydrogen-bond donors (Lipinski definition) is 0. The second kappa shape index (κ2) is 5.79. The summed E-state index contributed by atoms with van der Waals surface area (Å²) in [6, 6.07) is 4.48. The van der Waals surface area contributed by atoms with E-state index in [0.29, 0.717) is 17.4 Å². The third kappa shape index (κ3) is 3.71. The zero-order valence-corrected chi connectivity index (χ0v) is 9.56. The van der Waals surface area contributed by atoms with Gasteiger partial charge in [0.2, 0.25) is 0 Å². The van der Waals surface area contributed by atoms with Crippen LogP contribution in [0.15, 0.2) is 18.2 Å². The van der Waals surface area contributed by atoms with E-state index in [1.54, 1.807) is 6.07 Å². The molecule has 0 aliphatic rings. The quantitative estimate of drug-likeness (QED) is 0.445. The Kier molecular flexibility index (Phi) is 4.39. The Balaban J connectivity index is 2.96. The van der Waals surface area contributed by atoms with Gasteiger partial charge in [0.1, 0.15) is 12.0 Å². The fourth-order valence-corrected chi connectivity index (χ4v) is 1.30. The molecule has 0 heterocycles. The fourth-order valence-electron chi connectivity index (χ4n) is 1.30. The second-order valence-corrected chi connectivity index (χ2v) is 3.33. The maximum absolute atomic E-state index is 11.1. The van der Waals surface area contributed by atoms with E-state index in [1.165, 1.54) is 26.2 Å². The third-order valence-corrected chi connectivity index (χ3v) is 2.07. The largest absolute Gasteiger partial charge is 0.469 e. The number of esters is 2. The number of rotatable bonds is 4. The van der Waals surface area contributed by atoms with Crippen LogP contribution in [0.4, 0.5) is 0 Å². The first-order valence-electron chi connectivity index (χ1n) is 4.90. The van der Waals surface area contributed by atoms with E-state index in [9.17, 15) is 14.4 Å². The molecule has 0 saturated heterocycles. The monoisotopic (exact) mass is 236 g/mol. The van der Waals surface area contributed by atoms with E-state index in [2.05, 4.69) is 4.74 Å². The van der Waals surface area contributed by atoms with Crippen molar-refractivity contribution >= 4 is 18.2 Å². The highest BCUT2D eigenvalue weighted by Crippen LogP contribution is 2.17. The molecule has 5 nitrogen and oxygen atoms in total. The highest BCUT2D eigenvalue weighted by atomic mass is 16.5. The average Bonchev–Trinajstić information content (AvgIpc) is 2.30. The summed E-state index contributed by atoms with van der Waals surface area (Å²) in [7, 11) is 1.27. The van der Waals surface area contributed by atoms with Crippen LogP contribution in [0, 0.1) is 0 Å². The molecule has 0 amide bonds. The number of aldehydes is 1. The minimum atomic E-state index is -0.470. The van der Waals surface area contributed by atoms with Gasteiger partial charge in [-0.3, -0.25) is 14.4 Å². The molecule has 1 aromatic rings. The molecule has 0 aliphatic carbocycles. The lowest BCUT2D eigenvalue weighted by Crippen LogP contribution is -2.07. The van der Waals surface area contributed by atoms with Crippen molar-refractivity contribution in [1.29, 1.82) is 0 Å². The van der Waals surface area contributed by atoms with Gasteiger partial charge in [0, 0.05) is 12.5 Å². The molecule has 0 fully saturated rings. The van der Waals surface area contributed by atoms with E-state index < -0.39 is 11.9 Å². The number of ether oxygens (including phenoxy) is 2. The Labute approximate surface area is 98.3 Å². The molecule has 0 spiro atoms. The molecule has 0 aromatic heterocycles. The minimum Gasteiger partial charge on any atom is -0.469 e. The van der Waals surface area contributed by atoms with Crippen LogP contribution in [0.3, 0.4) is 0 Å². The predicted molar refractivity (Wildman–Crippen MR) is 58.9 cm³/mol. The predicted octanol–water partition coefficient (Wildman–Crippen LogP) is 1.14. The van der Waals surface area contributed by atoms with Crippen molar-refractivity contribution in [3.05, 3.63) is 29.3 Å². The molecule has 0 saturated carbocycles. The zero-order valence-electron chi connectivity index (χ0n) is 9.56. The number of carbonyl (C=O) groups excluding carboxylic acids is 3. The Morgan fingerprint density at radius 2 is 2.06 bits per heavy atom. The molecule has 17 heavy (non-hydrogen) atoms. The van der Waals surface area contributed by atoms with Crippen LogP contribution < -0.4 is 4.74 Å². The van der Waals surface area contributed by atoms with Crippen LogP contribution >= 0.6 is 0 Å². The van der Waals surface area contributed by atoms with Gasteiger partial charge in [-0.2, -0.15) is 0 Å². The van der Waals surface area contributed by atoms with Gasteiger partial charge in [-0.25, -0.2) is 0 Å². The van der Waals surface area contributed by atoms with Gasteiger partial charge in [0.15, 0.2) is 0 Å². The SMILES string of the molecule is COC(=O)Cc1ccc(OC(C)=O)cc1C=O. The molecule has 90 valence electrons. The minimum absolute atomic E-state index is 0.00489. The van der Waals surface area contributed by atoms with Gasteiger partial charge < -0.3 is 9.47 Å². The molecular formula is C12H12O5. The maximum Gasteiger partial charge on any atom is 0.310 e. The van der Waals surface area contributed by atoms with Crippen molar-refractivity contribution in [1.82, 2.24) is 0 Å². The molecule has 1 rings (SSSR count). The summed E-state index contributed by atoms with van der Waals surface area (Å²) >= 11 is 0. The fraction of sp³-hybridized carbons (Fsp3) is 0.250. The van der Waals surface area contributed by atoms with E-state index >= 15 is 0 Å². The molecular weight excluding hydrogens is 224 g/mol. The summed E-state index contributed by atoms with van der Waals surface area (Å²) in [4.78, 5) is 32.7. The maximum atomic E-state index is 11.1. The highest BCUT2D eigenvalue weighted by molar-refractivity contribution is 5.82. The van der Waals surface area contributed by atoms with Crippen molar-refractivity contribution in [2.75, 3.05) is 7.11 Å². The first kappa shape index (κ1) is 12.9. The van der Waals surface area contributed by atoms with Gasteiger partial charge in [-0.15, -0.1) is 0 Å². The van der Waals surface area contributed by atoms with Crippen molar-refractivity contribution in [3.63, 3.8) is 0 Å². The van der Waals surface area contributed by atoms with Crippen LogP contribution in [-0.2, 0) is 20.7 Å². The van der Waals surface area contributed by atoms with E-state index in [1.807, 2.05) is 0 Å². The molecule has 0 unspecified atom stereocenters. The Hall–Kier alpha value is -2.17. The number of methoxy groups -OCH3 is 1. The van der Waals surface area contributed by atoms with E-state index in [4.69, 9.17) is 4.74 Å². The van der Waals surface area contributed by atoms with Crippen molar-refractivity contribution in [3.8, 4) is 5.75 Å². The van der Waals surface area contributed by atoms with Gasteiger partial charge >= 0.3 is 11.9 Å². The van der Waals surface area contributed by atoms with Gasteiger partial charge in [0.25, 0.3) is 0 Å². The molecule has 5 heteroatoms. The molecule has 0 aliphatic heterocycles. The van der Waals surface area contributed by atoms with Crippen molar-refractivity contribution in [2.45, 2.75) is 13.3 Å². The average molecular weight is 236 g/mol. The van der Waals surface area contributed by atoms with Crippen LogP contribution in [0.25, 0.3) is 0 Å². The second-order valence-electron chi connectivity index (χ2n) is 3.33. The number of carbonyl (C=O) groups is 3. The summed E-state index contributed by atoms with van der Waals surface area (Å²) in [5, 5.41) is 0. The van der Waals surface area contributed by atoms with Gasteiger partial charge in [-0.1, -0.05) is 6.07 Å². The summed E-state index contributed by atoms with van der Waals surface area (Å²) in [6.45, 7) is 1.27. The standard InChI is InChI=1S/C12H12O5/c1-8(14)17-11-4-3-9(6-12(15)16-2)10(5-11)7-13/h3-5,7H,6H2,1-2H3. The Morgan fingerprint density at radius 1 is 1.35 bits per heavy atom. The van der Waals surface area contributed by atoms with Crippen LogP contribution in [-0.4, -0.2) is 25.3 Å². The van der Waals surface area contributed by atoms with Gasteiger partial charge in [-0.05, 0) is 17.7 Å². The Bertz CT molecular complexity index is 450. The Morgan fingerprint density at radius 3 is 2.59 bits per heavy atom. The molecule has 0 atom stereocenters. The van der Waals surface area contributed by atoms with Gasteiger partial charge in [0.05, 0.1) is 13.5 Å². The van der Waals surface area contributed by atoms with E-state index in [0.717, 1.165) is 0 Å². The first-order chi connectivity index (χ1) is 8.06. The molecule has 1 aromatic carbocycles. The third-order valence-electron chi connectivity index (χ3n) is 2.07. The lowest BCUT2D eigenvalue weighted by Gasteiger charge is -2.06. The molecule has 0 N–H and O–H groups in total. The number of hydrogen-bond acceptors (Lipinski definition) is 5. The smallest absolute Gasteiger partial charge is 0.310 e. The normalized spacial score (nSPS) is 9.53. The summed E-state index contributed by atoms with van der Waals surface area (Å²) in [5.41, 5.74) is 0.830. The molecule has 0 bridgehead atoms. The van der Waals surface area contributed by atoms with E-state index in [-0.39, 0.29) is 12.2 Å². The first-order valence-corrected chi connectivity index (χ1v) is 4.90. The van der Waals surface area contributed by atoms with Crippen LogP contribution in [0.5, 0.6) is 5.75 Å². The topological polar surface area (TPSA) is 69.7 Å². The van der Waals surface area contributed by atoms with Crippen molar-refractivity contribution < 1.29 is 23.9 Å². The summed E-state index contributed by atoms with van der Waals surface area (Å²) < 4.78 is 9.34. The number of benzene rings is 1. The highest BCUT2D eigenvalue weighted by Gasteiger charge is 2.09. The lowest BCUT2D eigenvalue weighted by molar-refractivity contribution is -0.139. The van der Waals surface area contributed by atoms with Crippen molar-refractivity contribution in [2.24, 2.45) is 0 Å². The van der Waals surface area contributed by atoms with Crippen LogP contribution in [0.1, 0.15) is 22.8 Å². The molecule has 0 radical (unpaired) electrons. The van der Waals surface area contributed by atoms with Crippen LogP contribution in [0.2, 0.25) is 0 Å². The zero-order chi connectivity index (χ0) is 12.8. The summed E-state index contributed by atoms with van der Waals surface area (Å²) in [5.74, 6) is -0.635. The summed E-state index contributed by atoms with van der Waals surface area (Å²) in [6.07, 6.45) is 0.607.